The lowest BCUT2D eigenvalue weighted by Crippen LogP contribution is -2.51. The van der Waals surface area contributed by atoms with E-state index in [1.54, 1.807) is 0 Å². The van der Waals surface area contributed by atoms with Gasteiger partial charge in [0.25, 0.3) is 0 Å². The largest absolute Gasteiger partial charge is 0.327 e. The minimum atomic E-state index is 0.142. The van der Waals surface area contributed by atoms with E-state index in [1.807, 2.05) is 11.9 Å². The molecule has 2 rings (SSSR count). The number of nitrogens with two attached hydrogens (primary N) is 1. The van der Waals surface area contributed by atoms with Gasteiger partial charge < -0.3 is 5.73 Å². The van der Waals surface area contributed by atoms with E-state index in [2.05, 4.69) is 5.01 Å². The predicted molar refractivity (Wildman–Crippen MR) is 54.3 cm³/mol. The van der Waals surface area contributed by atoms with Crippen LogP contribution in [-0.4, -0.2) is 41.1 Å². The highest BCUT2D eigenvalue weighted by molar-refractivity contribution is 5.78. The number of carbonyl (C=O) groups is 1. The average Bonchev–Trinajstić information content (AvgIpc) is 2.32. The second kappa shape index (κ2) is 3.87. The molecule has 1 amide bonds. The molecule has 2 fully saturated rings. The van der Waals surface area contributed by atoms with Gasteiger partial charge in [0.15, 0.2) is 0 Å². The van der Waals surface area contributed by atoms with Crippen molar-refractivity contribution in [3.8, 4) is 0 Å². The number of rotatable bonds is 3. The summed E-state index contributed by atoms with van der Waals surface area (Å²) in [6.45, 7) is 3.65. The van der Waals surface area contributed by atoms with Gasteiger partial charge in [-0.2, -0.15) is 0 Å². The molecule has 14 heavy (non-hydrogen) atoms. The third kappa shape index (κ3) is 1.77. The molecule has 1 saturated heterocycles. The molecule has 1 atom stereocenters. The summed E-state index contributed by atoms with van der Waals surface area (Å²) in [4.78, 5) is 11.6. The summed E-state index contributed by atoms with van der Waals surface area (Å²) in [7, 11) is 0. The molecule has 1 unspecified atom stereocenters. The Labute approximate surface area is 85.0 Å². The van der Waals surface area contributed by atoms with Crippen molar-refractivity contribution >= 4 is 5.91 Å². The molecule has 80 valence electrons. The molecular formula is C10H19N3O. The van der Waals surface area contributed by atoms with Crippen LogP contribution in [0.15, 0.2) is 0 Å². The quantitative estimate of drug-likeness (QED) is 0.709. The molecule has 0 spiro atoms. The van der Waals surface area contributed by atoms with Crippen LogP contribution in [0.3, 0.4) is 0 Å². The summed E-state index contributed by atoms with van der Waals surface area (Å²) in [6.07, 6.45) is 4.27. The highest BCUT2D eigenvalue weighted by atomic mass is 16.2. The topological polar surface area (TPSA) is 49.6 Å². The summed E-state index contributed by atoms with van der Waals surface area (Å²) in [5.41, 5.74) is 5.76. The van der Waals surface area contributed by atoms with E-state index in [0.29, 0.717) is 12.5 Å². The number of hydrogen-bond acceptors (Lipinski definition) is 3. The van der Waals surface area contributed by atoms with Crippen LogP contribution in [0.2, 0.25) is 0 Å². The normalized spacial score (nSPS) is 26.7. The number of hydrazine groups is 1. The average molecular weight is 197 g/mol. The molecule has 0 aromatic carbocycles. The van der Waals surface area contributed by atoms with Crippen molar-refractivity contribution in [1.29, 1.82) is 0 Å². The van der Waals surface area contributed by atoms with Crippen LogP contribution in [0.4, 0.5) is 0 Å². The predicted octanol–water partition coefficient (Wildman–Crippen LogP) is 0.335. The zero-order chi connectivity index (χ0) is 10.1. The van der Waals surface area contributed by atoms with Gasteiger partial charge in [0.1, 0.15) is 0 Å². The molecule has 1 saturated carbocycles. The maximum Gasteiger partial charge on any atom is 0.238 e. The fourth-order valence-electron chi connectivity index (χ4n) is 2.18. The van der Waals surface area contributed by atoms with Gasteiger partial charge >= 0.3 is 0 Å². The number of hydrogen-bond donors (Lipinski definition) is 1. The van der Waals surface area contributed by atoms with E-state index in [0.717, 1.165) is 13.1 Å². The Morgan fingerprint density at radius 1 is 1.57 bits per heavy atom. The molecule has 0 bridgehead atoms. The van der Waals surface area contributed by atoms with Crippen LogP contribution in [0.1, 0.15) is 32.6 Å². The Kier molecular flexibility index (Phi) is 2.74. The van der Waals surface area contributed by atoms with Crippen LogP contribution in [0.5, 0.6) is 0 Å². The van der Waals surface area contributed by atoms with E-state index in [-0.39, 0.29) is 11.9 Å². The first-order valence-corrected chi connectivity index (χ1v) is 5.51. The zero-order valence-corrected chi connectivity index (χ0v) is 8.78. The molecule has 1 aliphatic heterocycles. The summed E-state index contributed by atoms with van der Waals surface area (Å²) in [5, 5.41) is 4.10. The van der Waals surface area contributed by atoms with E-state index >= 15 is 0 Å². The van der Waals surface area contributed by atoms with Crippen molar-refractivity contribution in [2.75, 3.05) is 13.1 Å². The van der Waals surface area contributed by atoms with Gasteiger partial charge in [-0.3, -0.25) is 9.80 Å². The van der Waals surface area contributed by atoms with E-state index in [4.69, 9.17) is 5.73 Å². The molecule has 4 heteroatoms. The Hall–Kier alpha value is -0.610. The van der Waals surface area contributed by atoms with Crippen LogP contribution < -0.4 is 5.73 Å². The molecule has 0 radical (unpaired) electrons. The van der Waals surface area contributed by atoms with Crippen molar-refractivity contribution in [2.24, 2.45) is 5.73 Å². The molecule has 4 nitrogen and oxygen atoms in total. The first kappa shape index (κ1) is 9.93. The minimum Gasteiger partial charge on any atom is -0.327 e. The lowest BCUT2D eigenvalue weighted by molar-refractivity contribution is -0.146. The first-order chi connectivity index (χ1) is 6.68. The van der Waals surface area contributed by atoms with Crippen molar-refractivity contribution in [3.05, 3.63) is 0 Å². The zero-order valence-electron chi connectivity index (χ0n) is 8.78. The van der Waals surface area contributed by atoms with Gasteiger partial charge in [-0.15, -0.1) is 0 Å². The van der Waals surface area contributed by atoms with Crippen LogP contribution in [-0.2, 0) is 4.79 Å². The van der Waals surface area contributed by atoms with Crippen LogP contribution in [0, 0.1) is 0 Å². The second-order valence-corrected chi connectivity index (χ2v) is 4.46. The molecular weight excluding hydrogens is 178 g/mol. The third-order valence-corrected chi connectivity index (χ3v) is 3.06. The molecule has 2 N–H and O–H groups in total. The number of amides is 1. The fourth-order valence-corrected chi connectivity index (χ4v) is 2.18. The van der Waals surface area contributed by atoms with Crippen molar-refractivity contribution in [2.45, 2.75) is 44.7 Å². The maximum absolute atomic E-state index is 11.6. The Balaban J connectivity index is 1.97. The van der Waals surface area contributed by atoms with Gasteiger partial charge in [0.05, 0.1) is 0 Å². The smallest absolute Gasteiger partial charge is 0.238 e. The minimum absolute atomic E-state index is 0.142. The SMILES string of the molecule is CC(N)CN1CCC(=O)N1C1CCC1. The van der Waals surface area contributed by atoms with E-state index < -0.39 is 0 Å². The summed E-state index contributed by atoms with van der Waals surface area (Å²) in [5.74, 6) is 0.287. The second-order valence-electron chi connectivity index (χ2n) is 4.46. The molecule has 2 aliphatic rings. The third-order valence-electron chi connectivity index (χ3n) is 3.06. The Bertz CT molecular complexity index is 225. The summed E-state index contributed by atoms with van der Waals surface area (Å²) >= 11 is 0. The molecule has 1 aliphatic carbocycles. The van der Waals surface area contributed by atoms with Crippen LogP contribution >= 0.6 is 0 Å². The van der Waals surface area contributed by atoms with Gasteiger partial charge in [0.2, 0.25) is 5.91 Å². The van der Waals surface area contributed by atoms with Gasteiger partial charge in [-0.25, -0.2) is 5.01 Å². The highest BCUT2D eigenvalue weighted by Gasteiger charge is 2.37. The van der Waals surface area contributed by atoms with Crippen molar-refractivity contribution in [3.63, 3.8) is 0 Å². The highest BCUT2D eigenvalue weighted by Crippen LogP contribution is 2.29. The molecule has 1 heterocycles. The lowest BCUT2D eigenvalue weighted by Gasteiger charge is -2.40. The van der Waals surface area contributed by atoms with Gasteiger partial charge in [-0.05, 0) is 26.2 Å². The Morgan fingerprint density at radius 2 is 2.29 bits per heavy atom. The summed E-state index contributed by atoms with van der Waals surface area (Å²) < 4.78 is 0. The first-order valence-electron chi connectivity index (χ1n) is 5.51. The monoisotopic (exact) mass is 197 g/mol. The van der Waals surface area contributed by atoms with Gasteiger partial charge in [-0.1, -0.05) is 0 Å². The van der Waals surface area contributed by atoms with E-state index in [9.17, 15) is 4.79 Å². The molecule has 0 aromatic heterocycles. The van der Waals surface area contributed by atoms with E-state index in [1.165, 1.54) is 19.3 Å². The summed E-state index contributed by atoms with van der Waals surface area (Å²) in [6, 6.07) is 0.618. The number of carbonyl (C=O) groups excluding carboxylic acids is 1. The lowest BCUT2D eigenvalue weighted by atomic mass is 9.92. The molecule has 0 aromatic rings. The van der Waals surface area contributed by atoms with Crippen molar-refractivity contribution in [1.82, 2.24) is 10.0 Å². The van der Waals surface area contributed by atoms with Crippen LogP contribution in [0.25, 0.3) is 0 Å². The Morgan fingerprint density at radius 3 is 2.79 bits per heavy atom. The maximum atomic E-state index is 11.6. The standard InChI is InChI=1S/C10H19N3O/c1-8(11)7-12-6-5-10(14)13(12)9-3-2-4-9/h8-9H,2-7,11H2,1H3. The number of nitrogens with zero attached hydrogens (tertiary/aromatic N) is 2. The fraction of sp³-hybridized carbons (Fsp3) is 0.900. The van der Waals surface area contributed by atoms with Crippen molar-refractivity contribution < 1.29 is 4.79 Å². The van der Waals surface area contributed by atoms with Gasteiger partial charge in [0, 0.05) is 31.6 Å².